The van der Waals surface area contributed by atoms with Crippen molar-refractivity contribution in [3.63, 3.8) is 0 Å². The van der Waals surface area contributed by atoms with Gasteiger partial charge in [0, 0.05) is 37.6 Å². The number of piperazine rings is 1. The Labute approximate surface area is 301 Å². The third-order valence-electron chi connectivity index (χ3n) is 9.19. The minimum Gasteiger partial charge on any atom is -0.492 e. The summed E-state index contributed by atoms with van der Waals surface area (Å²) in [6, 6.07) is 23.9. The number of benzene rings is 3. The van der Waals surface area contributed by atoms with Gasteiger partial charge in [0.1, 0.15) is 23.6 Å². The van der Waals surface area contributed by atoms with Crippen LogP contribution in [0.1, 0.15) is 76.6 Å². The average Bonchev–Trinajstić information content (AvgIpc) is 3.05. The molecular formula is C41H52N2O6S. The maximum Gasteiger partial charge on any atom is 0.410 e. The van der Waals surface area contributed by atoms with Crippen molar-refractivity contribution in [2.75, 3.05) is 39.3 Å². The van der Waals surface area contributed by atoms with Crippen molar-refractivity contribution >= 4 is 29.6 Å². The first-order valence-electron chi connectivity index (χ1n) is 17.6. The summed E-state index contributed by atoms with van der Waals surface area (Å²) >= 11 is 1.31. The summed E-state index contributed by atoms with van der Waals surface area (Å²) in [6.07, 6.45) is 0.981. The van der Waals surface area contributed by atoms with E-state index < -0.39 is 22.4 Å². The molecule has 2 saturated heterocycles. The van der Waals surface area contributed by atoms with Crippen molar-refractivity contribution in [3.05, 3.63) is 95.1 Å². The van der Waals surface area contributed by atoms with E-state index in [0.717, 1.165) is 46.8 Å². The summed E-state index contributed by atoms with van der Waals surface area (Å²) < 4.78 is 18.0. The second-order valence-corrected chi connectivity index (χ2v) is 16.6. The molecule has 0 N–H and O–H groups in total. The number of Topliss-reactive ketones (excluding diaryl/α,β-unsaturated/α-hetero) is 1. The third kappa shape index (κ3) is 9.69. The highest BCUT2D eigenvalue weighted by Crippen LogP contribution is 2.44. The Kier molecular flexibility index (Phi) is 11.7. The summed E-state index contributed by atoms with van der Waals surface area (Å²) in [5.74, 6) is 0.0935. The number of esters is 1. The summed E-state index contributed by atoms with van der Waals surface area (Å²) in [5.41, 5.74) is 2.37. The molecule has 3 aromatic rings. The van der Waals surface area contributed by atoms with Crippen LogP contribution in [0.3, 0.4) is 0 Å². The van der Waals surface area contributed by atoms with Crippen LogP contribution >= 0.6 is 11.8 Å². The molecule has 0 spiro atoms. The van der Waals surface area contributed by atoms with Crippen molar-refractivity contribution in [2.45, 2.75) is 94.5 Å². The van der Waals surface area contributed by atoms with Crippen LogP contribution in [0.4, 0.5) is 4.79 Å². The van der Waals surface area contributed by atoms with Crippen LogP contribution in [0.15, 0.2) is 77.7 Å². The van der Waals surface area contributed by atoms with Crippen LogP contribution in [0.5, 0.6) is 5.75 Å². The normalized spacial score (nSPS) is 20.4. The van der Waals surface area contributed by atoms with E-state index in [9.17, 15) is 14.4 Å². The lowest BCUT2D eigenvalue weighted by atomic mass is 9.81. The maximum absolute atomic E-state index is 14.0. The van der Waals surface area contributed by atoms with Gasteiger partial charge in [-0.25, -0.2) is 4.79 Å². The predicted octanol–water partition coefficient (Wildman–Crippen LogP) is 7.73. The van der Waals surface area contributed by atoms with Gasteiger partial charge in [-0.3, -0.25) is 14.5 Å². The molecule has 1 amide bonds. The van der Waals surface area contributed by atoms with E-state index in [1.165, 1.54) is 11.8 Å². The first-order valence-corrected chi connectivity index (χ1v) is 18.5. The number of thioether (sulfide) groups is 1. The van der Waals surface area contributed by atoms with E-state index in [0.29, 0.717) is 38.3 Å². The molecule has 2 aliphatic heterocycles. The minimum atomic E-state index is -1.08. The predicted molar refractivity (Wildman–Crippen MR) is 198 cm³/mol. The Morgan fingerprint density at radius 3 is 2.22 bits per heavy atom. The van der Waals surface area contributed by atoms with Gasteiger partial charge in [-0.2, -0.15) is 0 Å². The van der Waals surface area contributed by atoms with Crippen LogP contribution in [-0.4, -0.2) is 77.8 Å². The molecule has 9 heteroatoms. The number of ketones is 1. The largest absolute Gasteiger partial charge is 0.492 e. The fraction of sp³-hybridized carbons (Fsp3) is 0.488. The molecule has 2 atom stereocenters. The highest BCUT2D eigenvalue weighted by Gasteiger charge is 2.48. The van der Waals surface area contributed by atoms with E-state index in [4.69, 9.17) is 14.2 Å². The second kappa shape index (κ2) is 15.6. The van der Waals surface area contributed by atoms with Gasteiger partial charge in [0.25, 0.3) is 0 Å². The Bertz CT molecular complexity index is 1620. The van der Waals surface area contributed by atoms with Gasteiger partial charge in [0.05, 0.1) is 6.42 Å². The lowest BCUT2D eigenvalue weighted by Gasteiger charge is -2.39. The fourth-order valence-corrected chi connectivity index (χ4v) is 7.81. The number of nitrogens with zero attached hydrogens (tertiary/aromatic N) is 2. The number of cyclic esters (lactones) is 1. The van der Waals surface area contributed by atoms with Crippen molar-refractivity contribution < 1.29 is 28.6 Å². The summed E-state index contributed by atoms with van der Waals surface area (Å²) in [5, 5.41) is -0.920. The van der Waals surface area contributed by atoms with Crippen LogP contribution < -0.4 is 4.74 Å². The van der Waals surface area contributed by atoms with Gasteiger partial charge in [-0.1, -0.05) is 75.4 Å². The molecule has 8 nitrogen and oxygen atoms in total. The Hall–Kier alpha value is -3.82. The number of amides is 1. The third-order valence-corrected chi connectivity index (χ3v) is 10.5. The smallest absolute Gasteiger partial charge is 0.410 e. The molecule has 268 valence electrons. The molecule has 0 saturated carbocycles. The number of hydrogen-bond acceptors (Lipinski definition) is 8. The van der Waals surface area contributed by atoms with Gasteiger partial charge in [-0.15, -0.1) is 11.8 Å². The van der Waals surface area contributed by atoms with E-state index in [1.54, 1.807) is 4.90 Å². The minimum absolute atomic E-state index is 0.107. The van der Waals surface area contributed by atoms with E-state index in [1.807, 2.05) is 70.2 Å². The Morgan fingerprint density at radius 2 is 1.60 bits per heavy atom. The molecule has 0 aromatic heterocycles. The van der Waals surface area contributed by atoms with Crippen LogP contribution in [0, 0.1) is 6.92 Å². The lowest BCUT2D eigenvalue weighted by Crippen LogP contribution is -2.50. The molecule has 0 bridgehead atoms. The average molecular weight is 701 g/mol. The second-order valence-electron chi connectivity index (χ2n) is 15.5. The summed E-state index contributed by atoms with van der Waals surface area (Å²) in [6.45, 7) is 18.0. The number of ether oxygens (including phenoxy) is 3. The van der Waals surface area contributed by atoms with Crippen LogP contribution in [0.25, 0.3) is 0 Å². The van der Waals surface area contributed by atoms with Crippen molar-refractivity contribution in [2.24, 2.45) is 0 Å². The molecule has 0 aliphatic carbocycles. The molecule has 2 heterocycles. The van der Waals surface area contributed by atoms with Gasteiger partial charge in [0.2, 0.25) is 0 Å². The standard InChI is InChI=1S/C41H52N2O6S/c1-29-13-18-33(39(2,3)4)35(27-29)50-36-34(44)28-41(48-37(36)45,20-19-30-11-9-8-10-12-30)31-14-16-32(17-15-31)47-26-25-42-21-23-43(24-22-42)38(46)49-40(5,6)7/h8-18,27,36H,19-26,28H2,1-7H3. The molecule has 3 aromatic carbocycles. The van der Waals surface area contributed by atoms with Crippen LogP contribution in [0.2, 0.25) is 0 Å². The first kappa shape index (κ1) is 37.4. The number of carbonyl (C=O) groups excluding carboxylic acids is 3. The van der Waals surface area contributed by atoms with E-state index in [-0.39, 0.29) is 23.7 Å². The molecule has 2 aliphatic rings. The summed E-state index contributed by atoms with van der Waals surface area (Å²) in [7, 11) is 0. The first-order chi connectivity index (χ1) is 23.6. The number of hydrogen-bond donors (Lipinski definition) is 0. The molecule has 0 radical (unpaired) electrons. The molecular weight excluding hydrogens is 649 g/mol. The van der Waals surface area contributed by atoms with Crippen molar-refractivity contribution in [3.8, 4) is 5.75 Å². The molecule has 2 unspecified atom stereocenters. The molecule has 5 rings (SSSR count). The van der Waals surface area contributed by atoms with E-state index >= 15 is 0 Å². The highest BCUT2D eigenvalue weighted by molar-refractivity contribution is 8.01. The zero-order chi connectivity index (χ0) is 36.1. The Balaban J connectivity index is 1.25. The van der Waals surface area contributed by atoms with Gasteiger partial charge < -0.3 is 19.1 Å². The fourth-order valence-electron chi connectivity index (χ4n) is 6.44. The Morgan fingerprint density at radius 1 is 0.920 bits per heavy atom. The zero-order valence-corrected chi connectivity index (χ0v) is 31.4. The topological polar surface area (TPSA) is 85.4 Å². The quantitative estimate of drug-likeness (QED) is 0.157. The monoisotopic (exact) mass is 700 g/mol. The molecule has 2 fully saturated rings. The van der Waals surface area contributed by atoms with E-state index in [2.05, 4.69) is 56.0 Å². The molecule has 50 heavy (non-hydrogen) atoms. The van der Waals surface area contributed by atoms with Gasteiger partial charge >= 0.3 is 12.1 Å². The maximum atomic E-state index is 14.0. The number of carbonyl (C=O) groups is 3. The zero-order valence-electron chi connectivity index (χ0n) is 30.6. The number of rotatable bonds is 10. The lowest BCUT2D eigenvalue weighted by molar-refractivity contribution is -0.171. The van der Waals surface area contributed by atoms with Crippen LogP contribution in [-0.2, 0) is 36.5 Å². The highest BCUT2D eigenvalue weighted by atomic mass is 32.2. The summed E-state index contributed by atoms with van der Waals surface area (Å²) in [4.78, 5) is 45.1. The van der Waals surface area contributed by atoms with Crippen molar-refractivity contribution in [1.29, 1.82) is 0 Å². The van der Waals surface area contributed by atoms with Crippen molar-refractivity contribution in [1.82, 2.24) is 9.80 Å². The van der Waals surface area contributed by atoms with Gasteiger partial charge in [-0.05, 0) is 86.4 Å². The SMILES string of the molecule is Cc1ccc(C(C)(C)C)c(SC2C(=O)CC(CCc3ccccc3)(c3ccc(OCCN4CCN(C(=O)OC(C)(C)C)CC4)cc3)OC2=O)c1. The number of aryl methyl sites for hydroxylation is 2. The van der Waals surface area contributed by atoms with Gasteiger partial charge in [0.15, 0.2) is 11.0 Å².